The number of aromatic nitrogens is 2. The highest BCUT2D eigenvalue weighted by Gasteiger charge is 2.11. The second-order valence-electron chi connectivity index (χ2n) is 3.89. The highest BCUT2D eigenvalue weighted by molar-refractivity contribution is 7.09. The minimum absolute atomic E-state index is 0.462. The Hall–Kier alpha value is -0.970. The van der Waals surface area contributed by atoms with Crippen LogP contribution in [0.4, 0.5) is 0 Å². The van der Waals surface area contributed by atoms with Crippen LogP contribution in [-0.2, 0) is 12.8 Å². The third-order valence-electron chi connectivity index (χ3n) is 2.42. The van der Waals surface area contributed by atoms with E-state index < -0.39 is 6.10 Å². The first-order valence-corrected chi connectivity index (χ1v) is 6.58. The number of thiazole rings is 1. The van der Waals surface area contributed by atoms with Crippen molar-refractivity contribution in [1.29, 1.82) is 0 Å². The first kappa shape index (κ1) is 12.5. The number of pyridine rings is 1. The molecule has 0 bridgehead atoms. The molecule has 2 rings (SSSR count). The van der Waals surface area contributed by atoms with Gasteiger partial charge in [-0.1, -0.05) is 11.6 Å². The molecule has 2 aromatic rings. The van der Waals surface area contributed by atoms with Gasteiger partial charge in [0.2, 0.25) is 0 Å². The second-order valence-corrected chi connectivity index (χ2v) is 5.36. The lowest BCUT2D eigenvalue weighted by Crippen LogP contribution is -2.14. The normalized spacial score (nSPS) is 12.6. The molecule has 0 aliphatic carbocycles. The zero-order valence-electron chi connectivity index (χ0n) is 9.43. The van der Waals surface area contributed by atoms with Crippen LogP contribution in [-0.4, -0.2) is 21.2 Å². The molecule has 0 aliphatic heterocycles. The molecule has 0 spiro atoms. The van der Waals surface area contributed by atoms with Gasteiger partial charge in [0, 0.05) is 30.6 Å². The molecule has 0 radical (unpaired) electrons. The number of hydrogen-bond acceptors (Lipinski definition) is 4. The average molecular weight is 269 g/mol. The van der Waals surface area contributed by atoms with E-state index in [-0.39, 0.29) is 0 Å². The van der Waals surface area contributed by atoms with Crippen LogP contribution in [0.3, 0.4) is 0 Å². The highest BCUT2D eigenvalue weighted by Crippen LogP contribution is 2.17. The van der Waals surface area contributed by atoms with Crippen molar-refractivity contribution in [2.45, 2.75) is 25.9 Å². The van der Waals surface area contributed by atoms with E-state index in [0.717, 1.165) is 16.3 Å². The molecule has 0 fully saturated rings. The number of aliphatic hydroxyl groups excluding tert-OH is 1. The van der Waals surface area contributed by atoms with Crippen molar-refractivity contribution in [3.05, 3.63) is 45.1 Å². The fraction of sp³-hybridized carbons (Fsp3) is 0.333. The standard InChI is InChI=1S/C12H13ClN2OS/c1-8-15-10(7-17-8)5-11(16)4-9-2-3-14-6-12(9)13/h2-3,6-7,11,16H,4-5H2,1H3. The van der Waals surface area contributed by atoms with E-state index in [9.17, 15) is 5.11 Å². The molecule has 0 amide bonds. The van der Waals surface area contributed by atoms with E-state index in [0.29, 0.717) is 17.9 Å². The lowest BCUT2D eigenvalue weighted by molar-refractivity contribution is 0.174. The summed E-state index contributed by atoms with van der Waals surface area (Å²) in [6.07, 6.45) is 3.90. The molecule has 0 aromatic carbocycles. The predicted octanol–water partition coefficient (Wildman–Crippen LogP) is 2.65. The summed E-state index contributed by atoms with van der Waals surface area (Å²) in [4.78, 5) is 8.24. The quantitative estimate of drug-likeness (QED) is 0.927. The van der Waals surface area contributed by atoms with Crippen LogP contribution in [0.15, 0.2) is 23.8 Å². The van der Waals surface area contributed by atoms with Gasteiger partial charge in [0.1, 0.15) is 0 Å². The smallest absolute Gasteiger partial charge is 0.0897 e. The Morgan fingerprint density at radius 2 is 2.29 bits per heavy atom. The Balaban J connectivity index is 1.98. The molecule has 1 N–H and O–H groups in total. The molecule has 0 saturated heterocycles. The maximum atomic E-state index is 9.98. The summed E-state index contributed by atoms with van der Waals surface area (Å²) in [7, 11) is 0. The molecule has 2 heterocycles. The lowest BCUT2D eigenvalue weighted by atomic mass is 10.1. The van der Waals surface area contributed by atoms with E-state index in [2.05, 4.69) is 9.97 Å². The van der Waals surface area contributed by atoms with Crippen LogP contribution >= 0.6 is 22.9 Å². The van der Waals surface area contributed by atoms with Crippen LogP contribution in [0, 0.1) is 6.92 Å². The van der Waals surface area contributed by atoms with E-state index in [1.54, 1.807) is 23.7 Å². The number of aryl methyl sites for hydroxylation is 1. The van der Waals surface area contributed by atoms with Crippen molar-refractivity contribution in [3.63, 3.8) is 0 Å². The monoisotopic (exact) mass is 268 g/mol. The van der Waals surface area contributed by atoms with Crippen LogP contribution in [0.2, 0.25) is 5.02 Å². The summed E-state index contributed by atoms with van der Waals surface area (Å²) in [6, 6.07) is 1.83. The zero-order chi connectivity index (χ0) is 12.3. The highest BCUT2D eigenvalue weighted by atomic mass is 35.5. The van der Waals surface area contributed by atoms with E-state index in [1.807, 2.05) is 18.4 Å². The molecule has 0 aliphatic rings. The first-order valence-electron chi connectivity index (χ1n) is 5.32. The number of halogens is 1. The van der Waals surface area contributed by atoms with Gasteiger partial charge >= 0.3 is 0 Å². The molecule has 2 aromatic heterocycles. The Bertz CT molecular complexity index is 501. The van der Waals surface area contributed by atoms with Gasteiger partial charge in [-0.3, -0.25) is 4.98 Å². The molecule has 1 atom stereocenters. The van der Waals surface area contributed by atoms with Crippen molar-refractivity contribution in [2.75, 3.05) is 0 Å². The van der Waals surface area contributed by atoms with Gasteiger partial charge in [-0.05, 0) is 18.6 Å². The SMILES string of the molecule is Cc1nc(CC(O)Cc2ccncc2Cl)cs1. The van der Waals surface area contributed by atoms with Crippen molar-refractivity contribution < 1.29 is 5.11 Å². The maximum absolute atomic E-state index is 9.98. The molecule has 0 saturated carbocycles. The summed E-state index contributed by atoms with van der Waals surface area (Å²) in [5.41, 5.74) is 1.85. The zero-order valence-corrected chi connectivity index (χ0v) is 11.0. The van der Waals surface area contributed by atoms with Crippen molar-refractivity contribution in [3.8, 4) is 0 Å². The minimum atomic E-state index is -0.462. The number of aliphatic hydroxyl groups is 1. The number of rotatable bonds is 4. The van der Waals surface area contributed by atoms with E-state index in [4.69, 9.17) is 11.6 Å². The van der Waals surface area contributed by atoms with Gasteiger partial charge in [0.05, 0.1) is 21.8 Å². The van der Waals surface area contributed by atoms with Gasteiger partial charge < -0.3 is 5.11 Å². The molecule has 5 heteroatoms. The maximum Gasteiger partial charge on any atom is 0.0897 e. The molecule has 90 valence electrons. The number of nitrogens with zero attached hydrogens (tertiary/aromatic N) is 2. The molecule has 3 nitrogen and oxygen atoms in total. The minimum Gasteiger partial charge on any atom is -0.392 e. The Labute approximate surface area is 109 Å². The number of hydrogen-bond donors (Lipinski definition) is 1. The average Bonchev–Trinajstić information content (AvgIpc) is 2.67. The third kappa shape index (κ3) is 3.49. The van der Waals surface area contributed by atoms with Crippen molar-refractivity contribution in [2.24, 2.45) is 0 Å². The molecule has 17 heavy (non-hydrogen) atoms. The Morgan fingerprint density at radius 3 is 2.94 bits per heavy atom. The first-order chi connectivity index (χ1) is 8.15. The Kier molecular flexibility index (Phi) is 4.10. The fourth-order valence-corrected chi connectivity index (χ4v) is 2.46. The summed E-state index contributed by atoms with van der Waals surface area (Å²) in [5, 5.41) is 13.6. The molecular formula is C12H13ClN2OS. The van der Waals surface area contributed by atoms with Crippen LogP contribution in [0.1, 0.15) is 16.3 Å². The van der Waals surface area contributed by atoms with Gasteiger partial charge in [-0.2, -0.15) is 0 Å². The molecule has 1 unspecified atom stereocenters. The largest absolute Gasteiger partial charge is 0.392 e. The van der Waals surface area contributed by atoms with Crippen molar-refractivity contribution in [1.82, 2.24) is 9.97 Å². The summed E-state index contributed by atoms with van der Waals surface area (Å²) >= 11 is 7.59. The van der Waals surface area contributed by atoms with E-state index in [1.165, 1.54) is 0 Å². The van der Waals surface area contributed by atoms with Gasteiger partial charge in [-0.25, -0.2) is 4.98 Å². The summed E-state index contributed by atoms with van der Waals surface area (Å²) in [5.74, 6) is 0. The van der Waals surface area contributed by atoms with Crippen LogP contribution in [0.25, 0.3) is 0 Å². The fourth-order valence-electron chi connectivity index (χ4n) is 1.64. The third-order valence-corrected chi connectivity index (χ3v) is 3.59. The lowest BCUT2D eigenvalue weighted by Gasteiger charge is -2.09. The van der Waals surface area contributed by atoms with Crippen molar-refractivity contribution >= 4 is 22.9 Å². The van der Waals surface area contributed by atoms with Crippen LogP contribution < -0.4 is 0 Å². The predicted molar refractivity (Wildman–Crippen MR) is 69.5 cm³/mol. The van der Waals surface area contributed by atoms with Gasteiger partial charge in [0.15, 0.2) is 0 Å². The van der Waals surface area contributed by atoms with Gasteiger partial charge in [0.25, 0.3) is 0 Å². The second kappa shape index (κ2) is 5.58. The van der Waals surface area contributed by atoms with Gasteiger partial charge in [-0.15, -0.1) is 11.3 Å². The molecular weight excluding hydrogens is 256 g/mol. The van der Waals surface area contributed by atoms with Crippen LogP contribution in [0.5, 0.6) is 0 Å². The Morgan fingerprint density at radius 1 is 1.47 bits per heavy atom. The van der Waals surface area contributed by atoms with E-state index >= 15 is 0 Å². The summed E-state index contributed by atoms with van der Waals surface area (Å²) in [6.45, 7) is 1.96. The topological polar surface area (TPSA) is 46.0 Å². The summed E-state index contributed by atoms with van der Waals surface area (Å²) < 4.78 is 0.